The van der Waals surface area contributed by atoms with E-state index in [1.54, 1.807) is 6.07 Å². The first-order valence-corrected chi connectivity index (χ1v) is 5.42. The van der Waals surface area contributed by atoms with Gasteiger partial charge in [-0.2, -0.15) is 4.98 Å². The molecule has 0 aliphatic carbocycles. The van der Waals surface area contributed by atoms with Gasteiger partial charge in [0.1, 0.15) is 0 Å². The van der Waals surface area contributed by atoms with Gasteiger partial charge < -0.3 is 10.1 Å². The molecular weight excluding hydrogens is 214 g/mol. The lowest BCUT2D eigenvalue weighted by Gasteiger charge is -2.08. The number of anilines is 1. The van der Waals surface area contributed by atoms with Gasteiger partial charge in [0.2, 0.25) is 11.8 Å². The number of ether oxygens (including phenoxy) is 1. The minimum Gasteiger partial charge on any atom is -0.478 e. The van der Waals surface area contributed by atoms with Crippen LogP contribution in [0, 0.1) is 6.92 Å². The summed E-state index contributed by atoms with van der Waals surface area (Å²) < 4.78 is 5.31. The molecule has 15 heavy (non-hydrogen) atoms. The van der Waals surface area contributed by atoms with E-state index in [2.05, 4.69) is 15.3 Å². The Balaban J connectivity index is 2.70. The summed E-state index contributed by atoms with van der Waals surface area (Å²) in [7, 11) is 0. The van der Waals surface area contributed by atoms with E-state index in [4.69, 9.17) is 16.3 Å². The van der Waals surface area contributed by atoms with E-state index >= 15 is 0 Å². The van der Waals surface area contributed by atoms with Gasteiger partial charge in [-0.1, -0.05) is 0 Å². The molecule has 5 heteroatoms. The minimum atomic E-state index is 0.0460. The Morgan fingerprint density at radius 3 is 2.87 bits per heavy atom. The zero-order chi connectivity index (χ0) is 11.3. The molecule has 0 spiro atoms. The number of nitrogens with zero attached hydrogens (tertiary/aromatic N) is 2. The third-order valence-corrected chi connectivity index (χ3v) is 1.82. The highest BCUT2D eigenvalue weighted by molar-refractivity contribution is 6.20. The van der Waals surface area contributed by atoms with Gasteiger partial charge in [-0.25, -0.2) is 4.98 Å². The molecule has 0 bridgehead atoms. The van der Waals surface area contributed by atoms with Gasteiger partial charge in [0, 0.05) is 23.7 Å². The number of hydrogen-bond donors (Lipinski definition) is 1. The van der Waals surface area contributed by atoms with E-state index < -0.39 is 0 Å². The van der Waals surface area contributed by atoms with Gasteiger partial charge in [0.05, 0.1) is 6.61 Å². The number of hydrogen-bond acceptors (Lipinski definition) is 4. The summed E-state index contributed by atoms with van der Waals surface area (Å²) in [6.45, 7) is 6.97. The largest absolute Gasteiger partial charge is 0.478 e. The molecule has 0 aliphatic heterocycles. The highest BCUT2D eigenvalue weighted by Gasteiger charge is 2.03. The topological polar surface area (TPSA) is 47.0 Å². The summed E-state index contributed by atoms with van der Waals surface area (Å²) in [5.74, 6) is 1.15. The van der Waals surface area contributed by atoms with E-state index in [1.165, 1.54) is 0 Å². The van der Waals surface area contributed by atoms with Gasteiger partial charge in [0.25, 0.3) is 0 Å². The molecular formula is C10H16ClN3O. The van der Waals surface area contributed by atoms with Gasteiger partial charge in [-0.3, -0.25) is 0 Å². The molecule has 0 aliphatic rings. The van der Waals surface area contributed by atoms with Crippen LogP contribution in [0.5, 0.6) is 5.88 Å². The Hall–Kier alpha value is -1.03. The first kappa shape index (κ1) is 12.0. The maximum atomic E-state index is 5.82. The zero-order valence-corrected chi connectivity index (χ0v) is 10.0. The predicted octanol–water partition coefficient (Wildman–Crippen LogP) is 2.22. The fourth-order valence-electron chi connectivity index (χ4n) is 1.07. The van der Waals surface area contributed by atoms with Crippen molar-refractivity contribution >= 4 is 17.5 Å². The van der Waals surface area contributed by atoms with Crippen molar-refractivity contribution in [2.75, 3.05) is 18.5 Å². The Bertz CT molecular complexity index is 318. The van der Waals surface area contributed by atoms with Crippen molar-refractivity contribution in [3.05, 3.63) is 11.8 Å². The maximum Gasteiger partial charge on any atom is 0.226 e. The zero-order valence-electron chi connectivity index (χ0n) is 9.25. The predicted molar refractivity (Wildman–Crippen MR) is 61.7 cm³/mol. The summed E-state index contributed by atoms with van der Waals surface area (Å²) in [6, 6.07) is 1.80. The highest BCUT2D eigenvalue weighted by Crippen LogP contribution is 2.12. The van der Waals surface area contributed by atoms with Crippen LogP contribution in [0.1, 0.15) is 19.5 Å². The molecule has 0 aromatic carbocycles. The molecule has 1 unspecified atom stereocenters. The molecule has 0 amide bonds. The monoisotopic (exact) mass is 229 g/mol. The van der Waals surface area contributed by atoms with Crippen molar-refractivity contribution in [3.8, 4) is 5.88 Å². The average molecular weight is 230 g/mol. The van der Waals surface area contributed by atoms with Crippen molar-refractivity contribution in [1.29, 1.82) is 0 Å². The van der Waals surface area contributed by atoms with Gasteiger partial charge in [0.15, 0.2) is 0 Å². The first-order valence-electron chi connectivity index (χ1n) is 4.98. The summed E-state index contributed by atoms with van der Waals surface area (Å²) >= 11 is 5.82. The Morgan fingerprint density at radius 2 is 2.27 bits per heavy atom. The Labute approximate surface area is 95.0 Å². The lowest BCUT2D eigenvalue weighted by atomic mass is 10.4. The van der Waals surface area contributed by atoms with Gasteiger partial charge >= 0.3 is 0 Å². The first-order chi connectivity index (χ1) is 7.11. The Kier molecular flexibility index (Phi) is 4.62. The fraction of sp³-hybridized carbons (Fsp3) is 0.600. The van der Waals surface area contributed by atoms with E-state index in [9.17, 15) is 0 Å². The molecule has 0 saturated heterocycles. The summed E-state index contributed by atoms with van der Waals surface area (Å²) in [5.41, 5.74) is 0.873. The third kappa shape index (κ3) is 4.34. The second-order valence-corrected chi connectivity index (χ2v) is 4.01. The molecule has 0 saturated carbocycles. The number of halogens is 1. The lowest BCUT2D eigenvalue weighted by Crippen LogP contribution is -2.13. The molecule has 1 aromatic rings. The standard InChI is InChI=1S/C10H16ClN3O/c1-4-15-9-5-8(3)13-10(14-9)12-6-7(2)11/h5,7H,4,6H2,1-3H3,(H,12,13,14). The van der Waals surface area contributed by atoms with E-state index in [0.717, 1.165) is 5.69 Å². The molecule has 4 nitrogen and oxygen atoms in total. The van der Waals surface area contributed by atoms with Crippen LogP contribution in [0.4, 0.5) is 5.95 Å². The van der Waals surface area contributed by atoms with Crippen LogP contribution in [0.25, 0.3) is 0 Å². The smallest absolute Gasteiger partial charge is 0.226 e. The highest BCUT2D eigenvalue weighted by atomic mass is 35.5. The van der Waals surface area contributed by atoms with Crippen LogP contribution in [-0.2, 0) is 0 Å². The number of rotatable bonds is 5. The number of aromatic nitrogens is 2. The third-order valence-electron chi connectivity index (χ3n) is 1.66. The normalized spacial score (nSPS) is 12.3. The summed E-state index contributed by atoms with van der Waals surface area (Å²) in [5, 5.41) is 3.10. The van der Waals surface area contributed by atoms with Crippen molar-refractivity contribution in [3.63, 3.8) is 0 Å². The van der Waals surface area contributed by atoms with Crippen LogP contribution < -0.4 is 10.1 Å². The average Bonchev–Trinajstić information content (AvgIpc) is 2.14. The second kappa shape index (κ2) is 5.75. The van der Waals surface area contributed by atoms with Crippen LogP contribution in [0.2, 0.25) is 0 Å². The van der Waals surface area contributed by atoms with Crippen LogP contribution in [0.3, 0.4) is 0 Å². The van der Waals surface area contributed by atoms with Crippen molar-refractivity contribution in [1.82, 2.24) is 9.97 Å². The van der Waals surface area contributed by atoms with E-state index in [1.807, 2.05) is 20.8 Å². The summed E-state index contributed by atoms with van der Waals surface area (Å²) in [6.07, 6.45) is 0. The Morgan fingerprint density at radius 1 is 1.53 bits per heavy atom. The van der Waals surface area contributed by atoms with Gasteiger partial charge in [-0.15, -0.1) is 11.6 Å². The molecule has 1 N–H and O–H groups in total. The molecule has 0 fully saturated rings. The molecule has 1 aromatic heterocycles. The number of aryl methyl sites for hydroxylation is 1. The molecule has 1 heterocycles. The van der Waals surface area contributed by atoms with Crippen molar-refractivity contribution in [2.45, 2.75) is 26.1 Å². The van der Waals surface area contributed by atoms with Crippen LogP contribution in [0.15, 0.2) is 6.07 Å². The van der Waals surface area contributed by atoms with Crippen LogP contribution >= 0.6 is 11.6 Å². The molecule has 0 radical (unpaired) electrons. The van der Waals surface area contributed by atoms with E-state index in [0.29, 0.717) is 25.0 Å². The number of nitrogens with one attached hydrogen (secondary N) is 1. The van der Waals surface area contributed by atoms with Crippen molar-refractivity contribution in [2.24, 2.45) is 0 Å². The van der Waals surface area contributed by atoms with Gasteiger partial charge in [-0.05, 0) is 20.8 Å². The summed E-state index contributed by atoms with van der Waals surface area (Å²) in [4.78, 5) is 8.42. The van der Waals surface area contributed by atoms with Crippen molar-refractivity contribution < 1.29 is 4.74 Å². The quantitative estimate of drug-likeness (QED) is 0.787. The second-order valence-electron chi connectivity index (χ2n) is 3.27. The fourth-order valence-corrected chi connectivity index (χ4v) is 1.15. The molecule has 1 rings (SSSR count). The minimum absolute atomic E-state index is 0.0460. The van der Waals surface area contributed by atoms with E-state index in [-0.39, 0.29) is 5.38 Å². The molecule has 1 atom stereocenters. The lowest BCUT2D eigenvalue weighted by molar-refractivity contribution is 0.326. The maximum absolute atomic E-state index is 5.82. The number of alkyl halides is 1. The molecule has 84 valence electrons. The SMILES string of the molecule is CCOc1cc(C)nc(NCC(C)Cl)n1. The van der Waals surface area contributed by atoms with Crippen LogP contribution in [-0.4, -0.2) is 28.5 Å².